The van der Waals surface area contributed by atoms with Crippen LogP contribution in [-0.4, -0.2) is 22.4 Å². The maximum absolute atomic E-state index is 14.1. The summed E-state index contributed by atoms with van der Waals surface area (Å²) < 4.78 is 14.1. The highest BCUT2D eigenvalue weighted by Crippen LogP contribution is 2.28. The standard InChI is InChI=1S/C22H20FN3O/c1-14-10-17-7-9-26(21-20(23)4-3-8-24-21)22(27)19(17)12-18(14)11-16-6-5-15(2)25-13-16/h3-6,8,10,12-13H,7,9,11H2,1-2H3. The van der Waals surface area contributed by atoms with Gasteiger partial charge in [-0.3, -0.25) is 14.7 Å². The summed E-state index contributed by atoms with van der Waals surface area (Å²) in [5.74, 6) is -0.581. The van der Waals surface area contributed by atoms with Crippen molar-refractivity contribution >= 4 is 11.7 Å². The lowest BCUT2D eigenvalue weighted by molar-refractivity contribution is 0.0978. The number of halogens is 1. The molecule has 136 valence electrons. The number of anilines is 1. The summed E-state index contributed by atoms with van der Waals surface area (Å²) in [4.78, 5) is 22.9. The van der Waals surface area contributed by atoms with Gasteiger partial charge in [0.25, 0.3) is 5.91 Å². The van der Waals surface area contributed by atoms with Crippen molar-refractivity contribution in [3.63, 3.8) is 0 Å². The van der Waals surface area contributed by atoms with Gasteiger partial charge in [0.1, 0.15) is 0 Å². The summed E-state index contributed by atoms with van der Waals surface area (Å²) in [6.45, 7) is 4.45. The van der Waals surface area contributed by atoms with Gasteiger partial charge in [-0.25, -0.2) is 9.37 Å². The largest absolute Gasteiger partial charge is 0.290 e. The molecule has 0 bridgehead atoms. The molecule has 0 radical (unpaired) electrons. The van der Waals surface area contributed by atoms with Crippen LogP contribution in [0, 0.1) is 19.7 Å². The van der Waals surface area contributed by atoms with Gasteiger partial charge in [0.05, 0.1) is 0 Å². The van der Waals surface area contributed by atoms with Crippen LogP contribution >= 0.6 is 0 Å². The van der Waals surface area contributed by atoms with E-state index >= 15 is 0 Å². The van der Waals surface area contributed by atoms with E-state index < -0.39 is 5.82 Å². The molecular weight excluding hydrogens is 341 g/mol. The molecule has 4 nitrogen and oxygen atoms in total. The third-order valence-electron chi connectivity index (χ3n) is 5.00. The van der Waals surface area contributed by atoms with Crippen molar-refractivity contribution in [1.82, 2.24) is 9.97 Å². The minimum atomic E-state index is -0.479. The highest BCUT2D eigenvalue weighted by Gasteiger charge is 2.28. The molecule has 1 amide bonds. The number of fused-ring (bicyclic) bond motifs is 1. The Morgan fingerprint density at radius 3 is 2.74 bits per heavy atom. The number of carbonyl (C=O) groups is 1. The summed E-state index contributed by atoms with van der Waals surface area (Å²) in [6, 6.07) is 10.9. The van der Waals surface area contributed by atoms with E-state index in [0.29, 0.717) is 24.9 Å². The third kappa shape index (κ3) is 3.33. The average Bonchev–Trinajstić information content (AvgIpc) is 2.66. The third-order valence-corrected chi connectivity index (χ3v) is 5.00. The molecule has 5 heteroatoms. The molecule has 1 aliphatic heterocycles. The van der Waals surface area contributed by atoms with E-state index in [-0.39, 0.29) is 11.7 Å². The number of carbonyl (C=O) groups excluding carboxylic acids is 1. The molecule has 3 aromatic rings. The SMILES string of the molecule is Cc1ccc(Cc2cc3c(cc2C)CCN(c2ncccc2F)C3=O)cn1. The van der Waals surface area contributed by atoms with E-state index in [4.69, 9.17) is 0 Å². The summed E-state index contributed by atoms with van der Waals surface area (Å²) in [5, 5.41) is 0. The van der Waals surface area contributed by atoms with Gasteiger partial charge in [0, 0.05) is 30.2 Å². The van der Waals surface area contributed by atoms with Crippen LogP contribution in [0.4, 0.5) is 10.2 Å². The summed E-state index contributed by atoms with van der Waals surface area (Å²) in [7, 11) is 0. The minimum absolute atomic E-state index is 0.0954. The number of nitrogens with zero attached hydrogens (tertiary/aromatic N) is 3. The number of pyridine rings is 2. The first-order valence-electron chi connectivity index (χ1n) is 8.99. The second-order valence-electron chi connectivity index (χ2n) is 6.94. The van der Waals surface area contributed by atoms with E-state index in [2.05, 4.69) is 29.0 Å². The fourth-order valence-electron chi connectivity index (χ4n) is 3.49. The first-order chi connectivity index (χ1) is 13.0. The van der Waals surface area contributed by atoms with Crippen LogP contribution in [0.15, 0.2) is 48.8 Å². The molecule has 0 fully saturated rings. The molecular formula is C22H20FN3O. The zero-order valence-electron chi connectivity index (χ0n) is 15.4. The van der Waals surface area contributed by atoms with Crippen LogP contribution in [0.5, 0.6) is 0 Å². The zero-order valence-corrected chi connectivity index (χ0v) is 15.4. The maximum Gasteiger partial charge on any atom is 0.259 e. The fraction of sp³-hybridized carbons (Fsp3) is 0.227. The van der Waals surface area contributed by atoms with E-state index in [9.17, 15) is 9.18 Å². The van der Waals surface area contributed by atoms with E-state index in [1.807, 2.05) is 25.3 Å². The molecule has 0 atom stereocenters. The number of benzene rings is 1. The summed E-state index contributed by atoms with van der Waals surface area (Å²) >= 11 is 0. The first-order valence-corrected chi connectivity index (χ1v) is 8.99. The predicted octanol–water partition coefficient (Wildman–Crippen LogP) is 4.03. The van der Waals surface area contributed by atoms with Crippen LogP contribution < -0.4 is 4.90 Å². The molecule has 0 saturated carbocycles. The van der Waals surface area contributed by atoms with Crippen LogP contribution in [0.2, 0.25) is 0 Å². The lowest BCUT2D eigenvalue weighted by atomic mass is 9.91. The lowest BCUT2D eigenvalue weighted by Crippen LogP contribution is -2.39. The van der Waals surface area contributed by atoms with Gasteiger partial charge in [-0.15, -0.1) is 0 Å². The number of hydrogen-bond acceptors (Lipinski definition) is 3. The molecule has 2 aromatic heterocycles. The molecule has 0 aliphatic carbocycles. The lowest BCUT2D eigenvalue weighted by Gasteiger charge is -2.28. The van der Waals surface area contributed by atoms with E-state index in [1.165, 1.54) is 23.2 Å². The average molecular weight is 361 g/mol. The summed E-state index contributed by atoms with van der Waals surface area (Å²) in [6.07, 6.45) is 4.76. The number of hydrogen-bond donors (Lipinski definition) is 0. The van der Waals surface area contributed by atoms with Gasteiger partial charge in [-0.05, 0) is 73.2 Å². The van der Waals surface area contributed by atoms with Crippen molar-refractivity contribution in [2.24, 2.45) is 0 Å². The Balaban J connectivity index is 1.69. The zero-order chi connectivity index (χ0) is 19.0. The fourth-order valence-corrected chi connectivity index (χ4v) is 3.49. The highest BCUT2D eigenvalue weighted by molar-refractivity contribution is 6.08. The Labute approximate surface area is 157 Å². The van der Waals surface area contributed by atoms with Crippen molar-refractivity contribution in [3.8, 4) is 0 Å². The Morgan fingerprint density at radius 2 is 2.00 bits per heavy atom. The van der Waals surface area contributed by atoms with Gasteiger partial charge in [0.15, 0.2) is 11.6 Å². The first kappa shape index (κ1) is 17.3. The number of aromatic nitrogens is 2. The number of aryl methyl sites for hydroxylation is 2. The van der Waals surface area contributed by atoms with E-state index in [0.717, 1.165) is 27.9 Å². The molecule has 3 heterocycles. The summed E-state index contributed by atoms with van der Waals surface area (Å²) in [5.41, 5.74) is 5.95. The molecule has 27 heavy (non-hydrogen) atoms. The minimum Gasteiger partial charge on any atom is -0.290 e. The van der Waals surface area contributed by atoms with Gasteiger partial charge in [0.2, 0.25) is 0 Å². The number of amides is 1. The molecule has 1 aromatic carbocycles. The van der Waals surface area contributed by atoms with Gasteiger partial charge < -0.3 is 0 Å². The van der Waals surface area contributed by atoms with Gasteiger partial charge in [-0.1, -0.05) is 12.1 Å². The molecule has 0 spiro atoms. The number of rotatable bonds is 3. The van der Waals surface area contributed by atoms with Crippen LogP contribution in [0.3, 0.4) is 0 Å². The van der Waals surface area contributed by atoms with Crippen molar-refractivity contribution in [1.29, 1.82) is 0 Å². The smallest absolute Gasteiger partial charge is 0.259 e. The van der Waals surface area contributed by atoms with Crippen molar-refractivity contribution < 1.29 is 9.18 Å². The van der Waals surface area contributed by atoms with E-state index in [1.54, 1.807) is 0 Å². The molecule has 0 N–H and O–H groups in total. The Kier molecular flexibility index (Phi) is 4.44. The topological polar surface area (TPSA) is 46.1 Å². The second-order valence-corrected chi connectivity index (χ2v) is 6.94. The Bertz CT molecular complexity index is 1010. The highest BCUT2D eigenvalue weighted by atomic mass is 19.1. The molecule has 1 aliphatic rings. The molecule has 4 rings (SSSR count). The van der Waals surface area contributed by atoms with Crippen LogP contribution in [-0.2, 0) is 12.8 Å². The Morgan fingerprint density at radius 1 is 1.15 bits per heavy atom. The van der Waals surface area contributed by atoms with Crippen molar-refractivity contribution in [2.75, 3.05) is 11.4 Å². The monoisotopic (exact) mass is 361 g/mol. The van der Waals surface area contributed by atoms with Crippen LogP contribution in [0.25, 0.3) is 0 Å². The normalized spacial score (nSPS) is 13.6. The van der Waals surface area contributed by atoms with Crippen LogP contribution in [0.1, 0.15) is 38.3 Å². The quantitative estimate of drug-likeness (QED) is 0.708. The maximum atomic E-state index is 14.1. The van der Waals surface area contributed by atoms with Crippen molar-refractivity contribution in [2.45, 2.75) is 26.7 Å². The second kappa shape index (κ2) is 6.91. The van der Waals surface area contributed by atoms with Gasteiger partial charge in [-0.2, -0.15) is 0 Å². The predicted molar refractivity (Wildman–Crippen MR) is 103 cm³/mol. The molecule has 0 unspecified atom stereocenters. The van der Waals surface area contributed by atoms with Gasteiger partial charge >= 0.3 is 0 Å². The Hall–Kier alpha value is -3.08. The van der Waals surface area contributed by atoms with Crippen molar-refractivity contribution in [3.05, 3.63) is 88.1 Å². The molecule has 0 saturated heterocycles.